The molecule has 0 aliphatic carbocycles. The van der Waals surface area contributed by atoms with Crippen molar-refractivity contribution in [3.05, 3.63) is 58.5 Å². The van der Waals surface area contributed by atoms with E-state index in [9.17, 15) is 19.2 Å². The molecule has 1 fully saturated rings. The first-order valence-electron chi connectivity index (χ1n) is 11.8. The van der Waals surface area contributed by atoms with Gasteiger partial charge in [0.15, 0.2) is 0 Å². The second-order valence-corrected chi connectivity index (χ2v) is 10.1. The summed E-state index contributed by atoms with van der Waals surface area (Å²) < 4.78 is 1.83. The molecule has 1 aromatic heterocycles. The van der Waals surface area contributed by atoms with Crippen LogP contribution in [0, 0.1) is 5.92 Å². The van der Waals surface area contributed by atoms with Crippen molar-refractivity contribution in [2.75, 3.05) is 35.7 Å². The molecular weight excluding hydrogens is 466 g/mol. The highest BCUT2D eigenvalue weighted by molar-refractivity contribution is 7.98. The Morgan fingerprint density at radius 3 is 2.43 bits per heavy atom. The highest BCUT2D eigenvalue weighted by Crippen LogP contribution is 2.34. The molecule has 2 bridgehead atoms. The zero-order valence-corrected chi connectivity index (χ0v) is 20.8. The summed E-state index contributed by atoms with van der Waals surface area (Å²) in [5.74, 6) is 0.602. The van der Waals surface area contributed by atoms with E-state index in [1.165, 1.54) is 6.92 Å². The number of hydrogen-bond donors (Lipinski definition) is 3. The lowest BCUT2D eigenvalue weighted by Gasteiger charge is -2.43. The lowest BCUT2D eigenvalue weighted by molar-refractivity contribution is -0.118. The number of benzene rings is 1. The van der Waals surface area contributed by atoms with Crippen LogP contribution in [0.5, 0.6) is 0 Å². The number of carbonyl (C=O) groups is 3. The first-order chi connectivity index (χ1) is 16.8. The number of aromatic nitrogens is 1. The highest BCUT2D eigenvalue weighted by Gasteiger charge is 2.37. The first-order valence-corrected chi connectivity index (χ1v) is 13.2. The molecule has 2 aliphatic heterocycles. The maximum atomic E-state index is 13.2. The van der Waals surface area contributed by atoms with Crippen LogP contribution in [-0.2, 0) is 16.1 Å². The monoisotopic (exact) mass is 497 g/mol. The molecule has 4 rings (SSSR count). The van der Waals surface area contributed by atoms with Crippen LogP contribution >= 0.6 is 11.8 Å². The average molecular weight is 498 g/mol. The molecule has 1 aromatic carbocycles. The lowest BCUT2D eigenvalue weighted by atomic mass is 9.83. The molecule has 0 spiro atoms. The maximum absolute atomic E-state index is 13.2. The maximum Gasteiger partial charge on any atom is 0.318 e. The zero-order chi connectivity index (χ0) is 24.9. The van der Waals surface area contributed by atoms with Crippen LogP contribution in [0.4, 0.5) is 16.2 Å². The minimum Gasteiger partial charge on any atom is -0.326 e. The Bertz CT molecular complexity index is 1150. The Labute approximate surface area is 208 Å². The molecular formula is C25H31N5O4S. The fourth-order valence-corrected chi connectivity index (χ4v) is 5.35. The molecule has 35 heavy (non-hydrogen) atoms. The molecule has 1 saturated heterocycles. The summed E-state index contributed by atoms with van der Waals surface area (Å²) in [6.07, 6.45) is 3.42. The van der Waals surface area contributed by atoms with Crippen molar-refractivity contribution in [2.45, 2.75) is 38.3 Å². The van der Waals surface area contributed by atoms with Crippen LogP contribution in [0.1, 0.15) is 31.4 Å². The zero-order valence-electron chi connectivity index (χ0n) is 20.0. The van der Waals surface area contributed by atoms with Crippen molar-refractivity contribution in [1.82, 2.24) is 14.8 Å². The van der Waals surface area contributed by atoms with Crippen molar-refractivity contribution < 1.29 is 14.4 Å². The van der Waals surface area contributed by atoms with Crippen LogP contribution in [0.3, 0.4) is 0 Å². The molecule has 0 saturated carbocycles. The average Bonchev–Trinajstić information content (AvgIpc) is 2.83. The van der Waals surface area contributed by atoms with E-state index < -0.39 is 6.04 Å². The third-order valence-corrected chi connectivity index (χ3v) is 7.11. The first kappa shape index (κ1) is 24.8. The van der Waals surface area contributed by atoms with Crippen LogP contribution < -0.4 is 21.5 Å². The van der Waals surface area contributed by atoms with Gasteiger partial charge in [-0.15, -0.1) is 0 Å². The number of carbonyl (C=O) groups excluding carboxylic acids is 3. The van der Waals surface area contributed by atoms with E-state index in [0.29, 0.717) is 37.4 Å². The van der Waals surface area contributed by atoms with Crippen LogP contribution in [0.2, 0.25) is 0 Å². The van der Waals surface area contributed by atoms with Crippen molar-refractivity contribution in [3.8, 4) is 0 Å². The molecule has 3 atom stereocenters. The normalized spacial score (nSPS) is 19.3. The summed E-state index contributed by atoms with van der Waals surface area (Å²) in [6, 6.07) is 11.2. The Morgan fingerprint density at radius 2 is 1.74 bits per heavy atom. The molecule has 9 nitrogen and oxygen atoms in total. The number of fused-ring (bicyclic) bond motifs is 4. The number of nitrogens with zero attached hydrogens (tertiary/aromatic N) is 2. The third kappa shape index (κ3) is 6.05. The summed E-state index contributed by atoms with van der Waals surface area (Å²) in [5, 5.41) is 8.50. The predicted molar refractivity (Wildman–Crippen MR) is 138 cm³/mol. The van der Waals surface area contributed by atoms with Gasteiger partial charge in [0.1, 0.15) is 6.04 Å². The van der Waals surface area contributed by atoms with Gasteiger partial charge in [-0.25, -0.2) is 4.79 Å². The fraction of sp³-hybridized carbons (Fsp3) is 0.440. The molecule has 10 heteroatoms. The smallest absolute Gasteiger partial charge is 0.318 e. The summed E-state index contributed by atoms with van der Waals surface area (Å²) in [4.78, 5) is 51.5. The molecule has 4 amide bonds. The standard InChI is InChI=1S/C25H31N5O4S/c1-16(31)26-19-6-8-20(9-7-19)27-24(33)21(10-11-35-2)28-25(34)29-13-17-12-18(15-29)22-4-3-5-23(32)30(22)14-17/h3-9,17-18,21H,10-15H2,1-2H3,(H,26,31)(H,27,33)(H,28,34)/t17-,18+,21-/m0/s1. The number of rotatable bonds is 7. The van der Waals surface area contributed by atoms with Crippen molar-refractivity contribution in [3.63, 3.8) is 0 Å². The van der Waals surface area contributed by atoms with Gasteiger partial charge in [0.25, 0.3) is 5.56 Å². The molecule has 3 N–H and O–H groups in total. The van der Waals surface area contributed by atoms with Gasteiger partial charge in [-0.1, -0.05) is 6.07 Å². The molecule has 0 radical (unpaired) electrons. The van der Waals surface area contributed by atoms with Gasteiger partial charge >= 0.3 is 6.03 Å². The number of pyridine rings is 1. The van der Waals surface area contributed by atoms with Crippen molar-refractivity contribution in [1.29, 1.82) is 0 Å². The molecule has 2 aliphatic rings. The lowest BCUT2D eigenvalue weighted by Crippen LogP contribution is -2.55. The van der Waals surface area contributed by atoms with E-state index in [1.807, 2.05) is 16.9 Å². The number of piperidine rings is 1. The Morgan fingerprint density at radius 1 is 1.03 bits per heavy atom. The van der Waals surface area contributed by atoms with E-state index >= 15 is 0 Å². The second kappa shape index (κ2) is 11.0. The molecule has 2 aromatic rings. The third-order valence-electron chi connectivity index (χ3n) is 6.46. The minimum atomic E-state index is -0.679. The number of likely N-dealkylation sites (tertiary alicyclic amines) is 1. The van der Waals surface area contributed by atoms with Gasteiger partial charge < -0.3 is 25.4 Å². The number of urea groups is 1. The van der Waals surface area contributed by atoms with E-state index in [1.54, 1.807) is 53.1 Å². The Balaban J connectivity index is 1.41. The number of anilines is 2. The second-order valence-electron chi connectivity index (χ2n) is 9.13. The van der Waals surface area contributed by atoms with Gasteiger partial charge in [-0.05, 0) is 61.1 Å². The van der Waals surface area contributed by atoms with E-state index in [4.69, 9.17) is 0 Å². The van der Waals surface area contributed by atoms with Gasteiger partial charge in [0.05, 0.1) is 0 Å². The quantitative estimate of drug-likeness (QED) is 0.545. The highest BCUT2D eigenvalue weighted by atomic mass is 32.2. The minimum absolute atomic E-state index is 0.00834. The number of nitrogens with one attached hydrogen (secondary N) is 3. The summed E-state index contributed by atoms with van der Waals surface area (Å²) in [7, 11) is 0. The topological polar surface area (TPSA) is 113 Å². The summed E-state index contributed by atoms with van der Waals surface area (Å²) in [5.41, 5.74) is 2.21. The van der Waals surface area contributed by atoms with E-state index in [0.717, 1.165) is 17.9 Å². The number of hydrogen-bond acceptors (Lipinski definition) is 5. The van der Waals surface area contributed by atoms with Crippen molar-refractivity contribution in [2.24, 2.45) is 5.92 Å². The van der Waals surface area contributed by atoms with Gasteiger partial charge in [0.2, 0.25) is 11.8 Å². The molecule has 186 valence electrons. The fourth-order valence-electron chi connectivity index (χ4n) is 4.88. The number of thioether (sulfide) groups is 1. The molecule has 3 heterocycles. The number of amides is 4. The Hall–Kier alpha value is -3.27. The van der Waals surface area contributed by atoms with Gasteiger partial charge in [-0.2, -0.15) is 11.8 Å². The predicted octanol–water partition coefficient (Wildman–Crippen LogP) is 2.70. The van der Waals surface area contributed by atoms with E-state index in [-0.39, 0.29) is 35.2 Å². The van der Waals surface area contributed by atoms with Gasteiger partial charge in [0, 0.05) is 55.6 Å². The Kier molecular flexibility index (Phi) is 7.80. The van der Waals surface area contributed by atoms with Gasteiger partial charge in [-0.3, -0.25) is 14.4 Å². The summed E-state index contributed by atoms with van der Waals surface area (Å²) >= 11 is 1.61. The SMILES string of the molecule is CSCC[C@H](NC(=O)N1C[C@@H]2C[C@H](C1)c1cccc(=O)n1C2)C(=O)Nc1ccc(NC(C)=O)cc1. The van der Waals surface area contributed by atoms with Crippen LogP contribution in [0.25, 0.3) is 0 Å². The van der Waals surface area contributed by atoms with E-state index in [2.05, 4.69) is 16.0 Å². The van der Waals surface area contributed by atoms with Crippen LogP contribution in [-0.4, -0.2) is 58.5 Å². The van der Waals surface area contributed by atoms with Crippen LogP contribution in [0.15, 0.2) is 47.3 Å². The largest absolute Gasteiger partial charge is 0.326 e. The molecule has 0 unspecified atom stereocenters. The van der Waals surface area contributed by atoms with Crippen molar-refractivity contribution >= 4 is 41.0 Å². The summed E-state index contributed by atoms with van der Waals surface area (Å²) in [6.45, 7) is 3.13.